The summed E-state index contributed by atoms with van der Waals surface area (Å²) in [7, 11) is 0. The van der Waals surface area contributed by atoms with Crippen LogP contribution in [0.15, 0.2) is 42.5 Å². The Kier molecular flexibility index (Phi) is 1.78. The van der Waals surface area contributed by atoms with Gasteiger partial charge in [0.25, 0.3) is 0 Å². The van der Waals surface area contributed by atoms with Gasteiger partial charge in [-0.1, -0.05) is 42.5 Å². The smallest absolute Gasteiger partial charge is 0.0850 e. The monoisotopic (exact) mass is 184 g/mol. The van der Waals surface area contributed by atoms with Gasteiger partial charge < -0.3 is 4.74 Å². The van der Waals surface area contributed by atoms with Crippen LogP contribution in [0.2, 0.25) is 0 Å². The lowest BCUT2D eigenvalue weighted by Crippen LogP contribution is -1.93. The third kappa shape index (κ3) is 1.40. The molecule has 0 radical (unpaired) electrons. The van der Waals surface area contributed by atoms with Crippen LogP contribution in [0.5, 0.6) is 0 Å². The molecule has 0 N–H and O–H groups in total. The summed E-state index contributed by atoms with van der Waals surface area (Å²) in [4.78, 5) is 0. The van der Waals surface area contributed by atoms with E-state index in [1.165, 1.54) is 16.3 Å². The molecule has 1 heteroatoms. The molecule has 0 spiro atoms. The largest absolute Gasteiger partial charge is 0.373 e. The van der Waals surface area contributed by atoms with Crippen LogP contribution >= 0.6 is 0 Å². The van der Waals surface area contributed by atoms with Crippen molar-refractivity contribution in [2.45, 2.75) is 12.5 Å². The topological polar surface area (TPSA) is 12.5 Å². The number of epoxide rings is 1. The standard InChI is InChI=1S/C13H12O/c1-2-7-13-10(4-1)5-3-6-11(13)8-12-9-14-12/h1-7,12H,8-9H2/t12-/m0/s1. The van der Waals surface area contributed by atoms with E-state index >= 15 is 0 Å². The minimum Gasteiger partial charge on any atom is -0.373 e. The molecular weight excluding hydrogens is 172 g/mol. The molecule has 2 aromatic rings. The van der Waals surface area contributed by atoms with Crippen LogP contribution in [0.1, 0.15) is 5.56 Å². The van der Waals surface area contributed by atoms with Gasteiger partial charge in [0.2, 0.25) is 0 Å². The Bertz CT molecular complexity index is 452. The highest BCUT2D eigenvalue weighted by Crippen LogP contribution is 2.23. The first kappa shape index (κ1) is 8.01. The van der Waals surface area contributed by atoms with Crippen LogP contribution in [0.3, 0.4) is 0 Å². The molecule has 1 fully saturated rings. The minimum atomic E-state index is 0.473. The van der Waals surface area contributed by atoms with Gasteiger partial charge in [-0.05, 0) is 16.3 Å². The van der Waals surface area contributed by atoms with Gasteiger partial charge in [-0.3, -0.25) is 0 Å². The number of benzene rings is 2. The Labute approximate surface area is 83.3 Å². The zero-order valence-electron chi connectivity index (χ0n) is 7.94. The molecule has 70 valence electrons. The lowest BCUT2D eigenvalue weighted by atomic mass is 10.0. The first-order valence-corrected chi connectivity index (χ1v) is 5.02. The second kappa shape index (κ2) is 3.10. The fourth-order valence-electron chi connectivity index (χ4n) is 1.90. The molecule has 0 unspecified atom stereocenters. The summed E-state index contributed by atoms with van der Waals surface area (Å²) in [6.45, 7) is 0.934. The van der Waals surface area contributed by atoms with Crippen molar-refractivity contribution in [3.8, 4) is 0 Å². The summed E-state index contributed by atoms with van der Waals surface area (Å²) in [6, 6.07) is 15.0. The fraction of sp³-hybridized carbons (Fsp3) is 0.231. The Morgan fingerprint density at radius 3 is 2.71 bits per heavy atom. The zero-order chi connectivity index (χ0) is 9.38. The van der Waals surface area contributed by atoms with Gasteiger partial charge in [0.15, 0.2) is 0 Å². The zero-order valence-corrected chi connectivity index (χ0v) is 7.94. The Hall–Kier alpha value is -1.34. The Balaban J connectivity index is 2.11. The summed E-state index contributed by atoms with van der Waals surface area (Å²) < 4.78 is 5.26. The van der Waals surface area contributed by atoms with E-state index in [2.05, 4.69) is 42.5 Å². The Morgan fingerprint density at radius 2 is 1.86 bits per heavy atom. The molecule has 0 aliphatic carbocycles. The SMILES string of the molecule is c1ccc2c(C[C@H]3CO3)cccc2c1. The lowest BCUT2D eigenvalue weighted by Gasteiger charge is -2.03. The quantitative estimate of drug-likeness (QED) is 0.654. The summed E-state index contributed by atoms with van der Waals surface area (Å²) in [6.07, 6.45) is 1.53. The molecule has 3 rings (SSSR count). The predicted octanol–water partition coefficient (Wildman–Crippen LogP) is 2.78. The predicted molar refractivity (Wildman–Crippen MR) is 57.4 cm³/mol. The van der Waals surface area contributed by atoms with E-state index in [-0.39, 0.29) is 0 Å². The van der Waals surface area contributed by atoms with Crippen molar-refractivity contribution >= 4 is 10.8 Å². The third-order valence-electron chi connectivity index (χ3n) is 2.73. The molecule has 1 heterocycles. The minimum absolute atomic E-state index is 0.473. The third-order valence-corrected chi connectivity index (χ3v) is 2.73. The molecule has 1 aliphatic heterocycles. The second-order valence-corrected chi connectivity index (χ2v) is 3.80. The van der Waals surface area contributed by atoms with Crippen molar-refractivity contribution in [1.29, 1.82) is 0 Å². The van der Waals surface area contributed by atoms with Crippen LogP contribution in [-0.2, 0) is 11.2 Å². The molecule has 2 aromatic carbocycles. The first-order valence-electron chi connectivity index (χ1n) is 5.02. The summed E-state index contributed by atoms with van der Waals surface area (Å²) in [5.41, 5.74) is 1.41. The molecule has 1 nitrogen and oxygen atoms in total. The number of hydrogen-bond acceptors (Lipinski definition) is 1. The van der Waals surface area contributed by atoms with E-state index in [1.807, 2.05) is 0 Å². The van der Waals surface area contributed by atoms with Crippen molar-refractivity contribution in [3.63, 3.8) is 0 Å². The fourth-order valence-corrected chi connectivity index (χ4v) is 1.90. The van der Waals surface area contributed by atoms with Gasteiger partial charge in [0.1, 0.15) is 0 Å². The van der Waals surface area contributed by atoms with E-state index in [0.29, 0.717) is 6.10 Å². The van der Waals surface area contributed by atoms with Gasteiger partial charge in [-0.15, -0.1) is 0 Å². The van der Waals surface area contributed by atoms with E-state index < -0.39 is 0 Å². The maximum Gasteiger partial charge on any atom is 0.0850 e. The highest BCUT2D eigenvalue weighted by molar-refractivity contribution is 5.85. The highest BCUT2D eigenvalue weighted by Gasteiger charge is 2.23. The molecule has 0 amide bonds. The summed E-state index contributed by atoms with van der Waals surface area (Å²) in [5.74, 6) is 0. The van der Waals surface area contributed by atoms with Crippen LogP contribution in [0.25, 0.3) is 10.8 Å². The van der Waals surface area contributed by atoms with Gasteiger partial charge in [-0.25, -0.2) is 0 Å². The average Bonchev–Trinajstić information content (AvgIpc) is 3.03. The van der Waals surface area contributed by atoms with E-state index in [4.69, 9.17) is 4.74 Å². The molecule has 14 heavy (non-hydrogen) atoms. The van der Waals surface area contributed by atoms with Crippen LogP contribution in [0.4, 0.5) is 0 Å². The van der Waals surface area contributed by atoms with Gasteiger partial charge in [0.05, 0.1) is 12.7 Å². The maximum atomic E-state index is 5.26. The summed E-state index contributed by atoms with van der Waals surface area (Å²) >= 11 is 0. The van der Waals surface area contributed by atoms with Crippen LogP contribution in [-0.4, -0.2) is 12.7 Å². The molecule has 1 saturated heterocycles. The molecule has 1 atom stereocenters. The van der Waals surface area contributed by atoms with Crippen LogP contribution < -0.4 is 0 Å². The van der Waals surface area contributed by atoms with Crippen molar-refractivity contribution < 1.29 is 4.74 Å². The van der Waals surface area contributed by atoms with Crippen molar-refractivity contribution in [2.24, 2.45) is 0 Å². The molecule has 0 saturated carbocycles. The first-order chi connectivity index (χ1) is 6.93. The van der Waals surface area contributed by atoms with Crippen molar-refractivity contribution in [2.75, 3.05) is 6.61 Å². The molecular formula is C13H12O. The second-order valence-electron chi connectivity index (χ2n) is 3.80. The van der Waals surface area contributed by atoms with Gasteiger partial charge in [-0.2, -0.15) is 0 Å². The van der Waals surface area contributed by atoms with E-state index in [1.54, 1.807) is 0 Å². The molecule has 1 aliphatic rings. The van der Waals surface area contributed by atoms with Gasteiger partial charge >= 0.3 is 0 Å². The van der Waals surface area contributed by atoms with Crippen LogP contribution in [0, 0.1) is 0 Å². The maximum absolute atomic E-state index is 5.26. The number of hydrogen-bond donors (Lipinski definition) is 0. The number of fused-ring (bicyclic) bond motifs is 1. The normalized spacial score (nSPS) is 19.9. The van der Waals surface area contributed by atoms with E-state index in [9.17, 15) is 0 Å². The molecule has 0 bridgehead atoms. The number of ether oxygens (including phenoxy) is 1. The molecule has 0 aromatic heterocycles. The van der Waals surface area contributed by atoms with Crippen molar-refractivity contribution in [1.82, 2.24) is 0 Å². The highest BCUT2D eigenvalue weighted by atomic mass is 16.6. The average molecular weight is 184 g/mol. The Morgan fingerprint density at radius 1 is 1.07 bits per heavy atom. The number of rotatable bonds is 2. The van der Waals surface area contributed by atoms with Crippen molar-refractivity contribution in [3.05, 3.63) is 48.0 Å². The van der Waals surface area contributed by atoms with E-state index in [0.717, 1.165) is 13.0 Å². The van der Waals surface area contributed by atoms with Gasteiger partial charge in [0, 0.05) is 6.42 Å². The summed E-state index contributed by atoms with van der Waals surface area (Å²) in [5, 5.41) is 2.69. The lowest BCUT2D eigenvalue weighted by molar-refractivity contribution is 0.408.